The van der Waals surface area contributed by atoms with Gasteiger partial charge in [-0.1, -0.05) is 0 Å². The summed E-state index contributed by atoms with van der Waals surface area (Å²) < 4.78 is 4.81. The minimum absolute atomic E-state index is 0.688. The lowest BCUT2D eigenvalue weighted by molar-refractivity contribution is 0.372. The van der Waals surface area contributed by atoms with E-state index in [0.717, 1.165) is 11.3 Å². The van der Waals surface area contributed by atoms with Crippen LogP contribution in [0.3, 0.4) is 0 Å². The predicted molar refractivity (Wildman–Crippen MR) is 33.5 cm³/mol. The maximum absolute atomic E-state index is 4.81. The Hall–Kier alpha value is -1.45. The van der Waals surface area contributed by atoms with E-state index in [-0.39, 0.29) is 0 Å². The summed E-state index contributed by atoms with van der Waals surface area (Å²) in [7, 11) is 0. The van der Waals surface area contributed by atoms with Gasteiger partial charge in [-0.2, -0.15) is 0 Å². The Morgan fingerprint density at radius 3 is 3.10 bits per heavy atom. The van der Waals surface area contributed by atoms with Gasteiger partial charge in [-0.25, -0.2) is 0 Å². The molecule has 0 radical (unpaired) electrons. The molecule has 4 nitrogen and oxygen atoms in total. The highest BCUT2D eigenvalue weighted by atomic mass is 16.5. The van der Waals surface area contributed by atoms with Crippen LogP contribution in [0.2, 0.25) is 0 Å². The van der Waals surface area contributed by atoms with Crippen LogP contribution in [-0.2, 0) is 0 Å². The quantitative estimate of drug-likeness (QED) is 0.538. The topological polar surface area (TPSA) is 51.8 Å². The first-order valence-electron chi connectivity index (χ1n) is 2.90. The number of aromatic nitrogens is 3. The second-order valence-corrected chi connectivity index (χ2v) is 2.04. The minimum Gasteiger partial charge on any atom is -0.337 e. The van der Waals surface area contributed by atoms with Gasteiger partial charge in [0.1, 0.15) is 0 Å². The molecule has 2 rings (SSSR count). The number of aryl methyl sites for hydroxylation is 1. The van der Waals surface area contributed by atoms with Crippen molar-refractivity contribution >= 4 is 0 Å². The molecule has 10 heavy (non-hydrogen) atoms. The van der Waals surface area contributed by atoms with E-state index >= 15 is 0 Å². The Balaban J connectivity index is 2.78. The zero-order valence-corrected chi connectivity index (χ0v) is 5.40. The van der Waals surface area contributed by atoms with E-state index in [2.05, 4.69) is 15.4 Å². The molecule has 0 unspecified atom stereocenters. The molecule has 0 bridgehead atoms. The van der Waals surface area contributed by atoms with Crippen molar-refractivity contribution in [3.8, 4) is 11.3 Å². The normalized spacial score (nSPS) is 10.5. The maximum atomic E-state index is 4.81. The Morgan fingerprint density at radius 2 is 2.30 bits per heavy atom. The van der Waals surface area contributed by atoms with Crippen LogP contribution >= 0.6 is 0 Å². The molecule has 2 aliphatic rings. The molecule has 0 N–H and O–H groups in total. The van der Waals surface area contributed by atoms with Gasteiger partial charge >= 0.3 is 0 Å². The fourth-order valence-corrected chi connectivity index (χ4v) is 0.851. The summed E-state index contributed by atoms with van der Waals surface area (Å²) in [6, 6.07) is 0. The fourth-order valence-electron chi connectivity index (χ4n) is 0.851. The van der Waals surface area contributed by atoms with Crippen LogP contribution in [0.4, 0.5) is 0 Å². The van der Waals surface area contributed by atoms with Gasteiger partial charge in [0.2, 0.25) is 0 Å². The smallest absolute Gasteiger partial charge is 0.188 e. The number of nitrogens with zero attached hydrogens (tertiary/aromatic N) is 3. The van der Waals surface area contributed by atoms with E-state index in [4.69, 9.17) is 4.52 Å². The number of rotatable bonds is 0. The zero-order chi connectivity index (χ0) is 6.97. The molecular formula is C6H5N3O. The van der Waals surface area contributed by atoms with Crippen LogP contribution in [0.25, 0.3) is 11.3 Å². The third kappa shape index (κ3) is 0.586. The summed E-state index contributed by atoms with van der Waals surface area (Å²) in [6.07, 6.45) is 3.28. The first-order valence-corrected chi connectivity index (χ1v) is 2.90. The highest BCUT2D eigenvalue weighted by molar-refractivity contribution is 5.59. The third-order valence-electron chi connectivity index (χ3n) is 1.40. The van der Waals surface area contributed by atoms with Crippen molar-refractivity contribution < 1.29 is 4.52 Å². The van der Waals surface area contributed by atoms with E-state index < -0.39 is 0 Å². The van der Waals surface area contributed by atoms with Gasteiger partial charge < -0.3 is 4.52 Å². The average molecular weight is 135 g/mol. The lowest BCUT2D eigenvalue weighted by Gasteiger charge is -1.90. The number of hydrogen-bond donors (Lipinski definition) is 0. The van der Waals surface area contributed by atoms with E-state index in [1.165, 1.54) is 0 Å². The lowest BCUT2D eigenvalue weighted by atomic mass is 10.2. The Labute approximate surface area is 57.2 Å². The highest BCUT2D eigenvalue weighted by Gasteiger charge is 2.09. The number of hydrogen-bond acceptors (Lipinski definition) is 4. The summed E-state index contributed by atoms with van der Waals surface area (Å²) in [6.45, 7) is 1.90. The largest absolute Gasteiger partial charge is 0.337 e. The van der Waals surface area contributed by atoms with Crippen LogP contribution in [-0.4, -0.2) is 15.4 Å². The molecule has 0 saturated heterocycles. The van der Waals surface area contributed by atoms with Gasteiger partial charge in [0.15, 0.2) is 5.76 Å². The van der Waals surface area contributed by atoms with Gasteiger partial charge in [-0.15, -0.1) is 5.10 Å². The van der Waals surface area contributed by atoms with Crippen LogP contribution in [0.1, 0.15) is 5.69 Å². The second kappa shape index (κ2) is 1.76. The van der Waals surface area contributed by atoms with E-state index in [0.29, 0.717) is 5.76 Å². The first-order chi connectivity index (χ1) is 4.88. The van der Waals surface area contributed by atoms with Gasteiger partial charge in [0, 0.05) is 5.27 Å². The second-order valence-electron chi connectivity index (χ2n) is 2.04. The molecule has 2 heterocycles. The third-order valence-corrected chi connectivity index (χ3v) is 1.40. The van der Waals surface area contributed by atoms with Gasteiger partial charge in [0.05, 0.1) is 23.7 Å². The summed E-state index contributed by atoms with van der Waals surface area (Å²) in [5, 5.41) is 6.95. The molecular weight excluding hydrogens is 130 g/mol. The van der Waals surface area contributed by atoms with E-state index in [1.54, 1.807) is 12.4 Å². The van der Waals surface area contributed by atoms with Gasteiger partial charge in [-0.3, -0.25) is 4.98 Å². The maximum Gasteiger partial charge on any atom is 0.188 e. The molecule has 0 fully saturated rings. The fraction of sp³-hybridized carbons (Fsp3) is 0.167. The Bertz CT molecular complexity index is 317. The van der Waals surface area contributed by atoms with Crippen molar-refractivity contribution in [1.29, 1.82) is 0 Å². The van der Waals surface area contributed by atoms with Crippen molar-refractivity contribution in [3.63, 3.8) is 0 Å². The van der Waals surface area contributed by atoms with Gasteiger partial charge in [-0.05, 0) is 6.92 Å². The lowest BCUT2D eigenvalue weighted by Crippen LogP contribution is -1.82. The standard InChI is InChI=1S/C6H5N3O/c1-4-5-2-8-9-10-6(5)3-7-4/h2-3H,1H3. The summed E-state index contributed by atoms with van der Waals surface area (Å²) >= 11 is 0. The molecule has 4 heteroatoms. The molecule has 0 saturated carbocycles. The van der Waals surface area contributed by atoms with Crippen molar-refractivity contribution in [3.05, 3.63) is 18.1 Å². The molecule has 0 aromatic heterocycles. The SMILES string of the molecule is Cc1ncc2onncc1-2. The van der Waals surface area contributed by atoms with Crippen LogP contribution in [0.15, 0.2) is 16.9 Å². The van der Waals surface area contributed by atoms with Crippen LogP contribution < -0.4 is 0 Å². The molecule has 0 aromatic rings. The monoisotopic (exact) mass is 135 g/mol. The molecule has 0 atom stereocenters. The zero-order valence-electron chi connectivity index (χ0n) is 5.40. The van der Waals surface area contributed by atoms with Crippen molar-refractivity contribution in [2.24, 2.45) is 0 Å². The van der Waals surface area contributed by atoms with Crippen molar-refractivity contribution in [2.45, 2.75) is 6.92 Å². The molecule has 50 valence electrons. The highest BCUT2D eigenvalue weighted by Crippen LogP contribution is 2.21. The van der Waals surface area contributed by atoms with Crippen molar-refractivity contribution in [1.82, 2.24) is 15.4 Å². The van der Waals surface area contributed by atoms with Crippen LogP contribution in [0.5, 0.6) is 0 Å². The van der Waals surface area contributed by atoms with Crippen molar-refractivity contribution in [2.75, 3.05) is 0 Å². The van der Waals surface area contributed by atoms with E-state index in [1.807, 2.05) is 6.92 Å². The Morgan fingerprint density at radius 1 is 1.40 bits per heavy atom. The summed E-state index contributed by atoms with van der Waals surface area (Å²) in [4.78, 5) is 4.02. The first kappa shape index (κ1) is 5.34. The Kier molecular flexibility index (Phi) is 0.943. The molecule has 0 aromatic carbocycles. The van der Waals surface area contributed by atoms with E-state index in [9.17, 15) is 0 Å². The van der Waals surface area contributed by atoms with Crippen LogP contribution in [0, 0.1) is 6.92 Å². The minimum atomic E-state index is 0.688. The molecule has 0 amide bonds. The summed E-state index contributed by atoms with van der Waals surface area (Å²) in [5.74, 6) is 0.688. The van der Waals surface area contributed by atoms with Gasteiger partial charge in [0.25, 0.3) is 0 Å². The molecule has 0 spiro atoms. The summed E-state index contributed by atoms with van der Waals surface area (Å²) in [5.41, 5.74) is 1.85. The predicted octanol–water partition coefficient (Wildman–Crippen LogP) is 0.878. The molecule has 0 aliphatic carbocycles. The number of fused-ring (bicyclic) bond motifs is 1. The molecule has 2 aliphatic heterocycles. The average Bonchev–Trinajstić information content (AvgIpc) is 2.34.